The molecule has 104 valence electrons. The highest BCUT2D eigenvalue weighted by Gasteiger charge is 2.35. The number of carbonyl (C=O) groups is 1. The van der Waals surface area contributed by atoms with Gasteiger partial charge in [0.15, 0.2) is 0 Å². The van der Waals surface area contributed by atoms with Crippen molar-refractivity contribution in [1.29, 1.82) is 5.26 Å². The van der Waals surface area contributed by atoms with Crippen molar-refractivity contribution in [3.63, 3.8) is 0 Å². The quantitative estimate of drug-likeness (QED) is 0.814. The van der Waals surface area contributed by atoms with Gasteiger partial charge >= 0.3 is 0 Å². The molecule has 0 aliphatic carbocycles. The summed E-state index contributed by atoms with van der Waals surface area (Å²) in [5.41, 5.74) is 6.16. The lowest BCUT2D eigenvalue weighted by atomic mass is 9.88. The van der Waals surface area contributed by atoms with Crippen LogP contribution < -0.4 is 15.8 Å². The zero-order chi connectivity index (χ0) is 14.9. The van der Waals surface area contributed by atoms with Crippen molar-refractivity contribution in [2.75, 3.05) is 0 Å². The SMILES string of the molecule is CC(C)(C)NC(=O)C1C(C#N)=C(N)Oc2ccccc21. The number of nitrogens with one attached hydrogen (secondary N) is 1. The highest BCUT2D eigenvalue weighted by atomic mass is 16.5. The van der Waals surface area contributed by atoms with Gasteiger partial charge in [-0.2, -0.15) is 5.26 Å². The Morgan fingerprint density at radius 3 is 2.65 bits per heavy atom. The van der Waals surface area contributed by atoms with Crippen molar-refractivity contribution < 1.29 is 9.53 Å². The van der Waals surface area contributed by atoms with Gasteiger partial charge in [-0.05, 0) is 26.8 Å². The summed E-state index contributed by atoms with van der Waals surface area (Å²) in [5, 5.41) is 12.1. The fourth-order valence-electron chi connectivity index (χ4n) is 2.12. The summed E-state index contributed by atoms with van der Waals surface area (Å²) in [6, 6.07) is 9.08. The van der Waals surface area contributed by atoms with E-state index in [4.69, 9.17) is 10.5 Å². The molecular weight excluding hydrogens is 254 g/mol. The number of benzene rings is 1. The fourth-order valence-corrected chi connectivity index (χ4v) is 2.12. The summed E-state index contributed by atoms with van der Waals surface area (Å²) in [4.78, 5) is 12.5. The summed E-state index contributed by atoms with van der Waals surface area (Å²) >= 11 is 0. The van der Waals surface area contributed by atoms with Crippen LogP contribution in [0.25, 0.3) is 0 Å². The van der Waals surface area contributed by atoms with Crippen LogP contribution in [-0.2, 0) is 4.79 Å². The predicted octanol–water partition coefficient (Wildman–Crippen LogP) is 1.77. The molecule has 1 heterocycles. The second kappa shape index (κ2) is 4.89. The van der Waals surface area contributed by atoms with Gasteiger partial charge in [0.25, 0.3) is 0 Å². The number of hydrogen-bond donors (Lipinski definition) is 2. The molecule has 0 bridgehead atoms. The molecule has 1 atom stereocenters. The Kier molecular flexibility index (Phi) is 3.41. The van der Waals surface area contributed by atoms with Crippen molar-refractivity contribution in [2.24, 2.45) is 5.73 Å². The van der Waals surface area contributed by atoms with Gasteiger partial charge < -0.3 is 15.8 Å². The molecule has 1 aromatic rings. The van der Waals surface area contributed by atoms with Crippen LogP contribution in [0.3, 0.4) is 0 Å². The first kappa shape index (κ1) is 13.9. The van der Waals surface area contributed by atoms with E-state index in [9.17, 15) is 10.1 Å². The van der Waals surface area contributed by atoms with E-state index in [0.717, 1.165) is 0 Å². The highest BCUT2D eigenvalue weighted by molar-refractivity contribution is 5.90. The molecule has 5 heteroatoms. The summed E-state index contributed by atoms with van der Waals surface area (Å²) in [5.74, 6) is -0.491. The molecule has 2 rings (SSSR count). The first-order valence-corrected chi connectivity index (χ1v) is 6.32. The molecule has 0 fully saturated rings. The number of nitrogens with two attached hydrogens (primary N) is 1. The molecule has 1 unspecified atom stereocenters. The van der Waals surface area contributed by atoms with E-state index in [2.05, 4.69) is 5.32 Å². The minimum Gasteiger partial charge on any atom is -0.440 e. The molecule has 3 N–H and O–H groups in total. The van der Waals surface area contributed by atoms with Gasteiger partial charge in [-0.1, -0.05) is 18.2 Å². The summed E-state index contributed by atoms with van der Waals surface area (Å²) in [6.45, 7) is 5.65. The van der Waals surface area contributed by atoms with Gasteiger partial charge in [-0.15, -0.1) is 0 Å². The maximum absolute atomic E-state index is 12.5. The summed E-state index contributed by atoms with van der Waals surface area (Å²) in [6.07, 6.45) is 0. The van der Waals surface area contributed by atoms with Gasteiger partial charge in [0.2, 0.25) is 11.8 Å². The third-order valence-corrected chi connectivity index (χ3v) is 2.88. The Morgan fingerprint density at radius 1 is 1.40 bits per heavy atom. The molecule has 1 aliphatic heterocycles. The van der Waals surface area contributed by atoms with Crippen LogP contribution in [0.5, 0.6) is 5.75 Å². The number of amides is 1. The number of hydrogen-bond acceptors (Lipinski definition) is 4. The van der Waals surface area contributed by atoms with Crippen molar-refractivity contribution in [2.45, 2.75) is 32.2 Å². The second-order valence-electron chi connectivity index (χ2n) is 5.70. The van der Waals surface area contributed by atoms with Gasteiger partial charge in [0, 0.05) is 11.1 Å². The standard InChI is InChI=1S/C15H17N3O2/c1-15(2,3)18-14(19)12-9-6-4-5-7-11(9)20-13(17)10(12)8-16/h4-7,12H,17H2,1-3H3,(H,18,19). The van der Waals surface area contributed by atoms with Gasteiger partial charge in [0.05, 0.1) is 0 Å². The van der Waals surface area contributed by atoms with Crippen LogP contribution in [0.4, 0.5) is 0 Å². The van der Waals surface area contributed by atoms with E-state index < -0.39 is 5.92 Å². The molecule has 1 aliphatic rings. The van der Waals surface area contributed by atoms with Crippen LogP contribution in [0.1, 0.15) is 32.3 Å². The van der Waals surface area contributed by atoms with Crippen LogP contribution in [-0.4, -0.2) is 11.4 Å². The average molecular weight is 271 g/mol. The minimum atomic E-state index is -0.732. The third kappa shape index (κ3) is 2.59. The predicted molar refractivity (Wildman–Crippen MR) is 74.5 cm³/mol. The molecule has 0 radical (unpaired) electrons. The molecule has 0 saturated heterocycles. The van der Waals surface area contributed by atoms with Crippen molar-refractivity contribution >= 4 is 5.91 Å². The molecule has 5 nitrogen and oxygen atoms in total. The maximum atomic E-state index is 12.5. The lowest BCUT2D eigenvalue weighted by Gasteiger charge is -2.28. The van der Waals surface area contributed by atoms with Gasteiger partial charge in [-0.3, -0.25) is 4.79 Å². The molecular formula is C15H17N3O2. The molecule has 0 aromatic heterocycles. The largest absolute Gasteiger partial charge is 0.440 e. The van der Waals surface area contributed by atoms with E-state index >= 15 is 0 Å². The van der Waals surface area contributed by atoms with Gasteiger partial charge in [0.1, 0.15) is 23.3 Å². The van der Waals surface area contributed by atoms with E-state index in [1.165, 1.54) is 0 Å². The Bertz CT molecular complexity index is 621. The van der Waals surface area contributed by atoms with Crippen LogP contribution in [0, 0.1) is 11.3 Å². The first-order valence-electron chi connectivity index (χ1n) is 6.32. The molecule has 1 amide bonds. The summed E-state index contributed by atoms with van der Waals surface area (Å²) < 4.78 is 5.40. The van der Waals surface area contributed by atoms with E-state index in [1.807, 2.05) is 26.8 Å². The van der Waals surface area contributed by atoms with E-state index in [-0.39, 0.29) is 22.9 Å². The maximum Gasteiger partial charge on any atom is 0.233 e. The number of fused-ring (bicyclic) bond motifs is 1. The molecule has 0 saturated carbocycles. The average Bonchev–Trinajstić information content (AvgIpc) is 2.34. The topological polar surface area (TPSA) is 88.1 Å². The molecule has 0 spiro atoms. The Labute approximate surface area is 118 Å². The minimum absolute atomic E-state index is 0.0136. The van der Waals surface area contributed by atoms with Crippen molar-refractivity contribution in [3.05, 3.63) is 41.3 Å². The summed E-state index contributed by atoms with van der Waals surface area (Å²) in [7, 11) is 0. The third-order valence-electron chi connectivity index (χ3n) is 2.88. The number of para-hydroxylation sites is 1. The molecule has 1 aromatic carbocycles. The number of carbonyl (C=O) groups excluding carboxylic acids is 1. The van der Waals surface area contributed by atoms with E-state index in [0.29, 0.717) is 11.3 Å². The Balaban J connectivity index is 2.48. The lowest BCUT2D eigenvalue weighted by molar-refractivity contribution is -0.123. The zero-order valence-corrected chi connectivity index (χ0v) is 11.7. The zero-order valence-electron chi connectivity index (χ0n) is 11.7. The lowest BCUT2D eigenvalue weighted by Crippen LogP contribution is -2.44. The number of ether oxygens (including phenoxy) is 1. The van der Waals surface area contributed by atoms with Crippen LogP contribution in [0.15, 0.2) is 35.7 Å². The fraction of sp³-hybridized carbons (Fsp3) is 0.333. The first-order chi connectivity index (χ1) is 9.33. The normalized spacial score (nSPS) is 17.8. The Hall–Kier alpha value is -2.48. The van der Waals surface area contributed by atoms with Crippen LogP contribution >= 0.6 is 0 Å². The van der Waals surface area contributed by atoms with E-state index in [1.54, 1.807) is 24.3 Å². The van der Waals surface area contributed by atoms with Crippen molar-refractivity contribution in [1.82, 2.24) is 5.32 Å². The molecule has 20 heavy (non-hydrogen) atoms. The number of nitriles is 1. The van der Waals surface area contributed by atoms with Crippen molar-refractivity contribution in [3.8, 4) is 11.8 Å². The number of rotatable bonds is 1. The number of nitrogens with zero attached hydrogens (tertiary/aromatic N) is 1. The van der Waals surface area contributed by atoms with Crippen LogP contribution in [0.2, 0.25) is 0 Å². The highest BCUT2D eigenvalue weighted by Crippen LogP contribution is 2.37. The Morgan fingerprint density at radius 2 is 2.05 bits per heavy atom. The van der Waals surface area contributed by atoms with Gasteiger partial charge in [-0.25, -0.2) is 0 Å². The monoisotopic (exact) mass is 271 g/mol. The second-order valence-corrected chi connectivity index (χ2v) is 5.70. The smallest absolute Gasteiger partial charge is 0.233 e.